The Morgan fingerprint density at radius 2 is 2.32 bits per heavy atom. The fourth-order valence-electron chi connectivity index (χ4n) is 2.55. The molecule has 104 valence electrons. The molecule has 0 aliphatic carbocycles. The molecule has 1 N–H and O–H groups in total. The topological polar surface area (TPSA) is 40.5 Å². The molecule has 0 bridgehead atoms. The van der Waals surface area contributed by atoms with Gasteiger partial charge >= 0.3 is 0 Å². The second-order valence-electron chi connectivity index (χ2n) is 4.78. The number of hydrogen-bond acceptors (Lipinski definition) is 2. The molecule has 0 aromatic heterocycles. The summed E-state index contributed by atoms with van der Waals surface area (Å²) in [4.78, 5) is 14.4. The van der Waals surface area contributed by atoms with Crippen molar-refractivity contribution in [2.75, 3.05) is 13.2 Å². The first-order valence-corrected chi connectivity index (χ1v) is 7.58. The van der Waals surface area contributed by atoms with Crippen molar-refractivity contribution in [2.45, 2.75) is 31.7 Å². The summed E-state index contributed by atoms with van der Waals surface area (Å²) in [5, 5.41) is 8.90. The molecule has 1 heterocycles. The van der Waals surface area contributed by atoms with Crippen LogP contribution in [-0.4, -0.2) is 35.1 Å². The van der Waals surface area contributed by atoms with Crippen LogP contribution in [0.15, 0.2) is 18.2 Å². The van der Waals surface area contributed by atoms with E-state index < -0.39 is 0 Å². The lowest BCUT2D eigenvalue weighted by Crippen LogP contribution is -2.36. The Morgan fingerprint density at radius 3 is 3.00 bits per heavy atom. The Labute approximate surface area is 125 Å². The maximum atomic E-state index is 13.1. The molecule has 1 atom stereocenters. The lowest BCUT2D eigenvalue weighted by atomic mass is 10.1. The third-order valence-corrected chi connectivity index (χ3v) is 4.39. The molecule has 5 heteroatoms. The number of carbonyl (C=O) groups is 1. The molecule has 1 saturated heterocycles. The highest BCUT2D eigenvalue weighted by Crippen LogP contribution is 2.25. The van der Waals surface area contributed by atoms with Gasteiger partial charge in [-0.2, -0.15) is 0 Å². The molecule has 1 aliphatic heterocycles. The number of amides is 1. The van der Waals surface area contributed by atoms with Crippen LogP contribution < -0.4 is 0 Å². The minimum atomic E-state index is -0.320. The molecule has 3 nitrogen and oxygen atoms in total. The van der Waals surface area contributed by atoms with Gasteiger partial charge < -0.3 is 10.0 Å². The Bertz CT molecular complexity index is 467. The normalized spacial score (nSPS) is 18.9. The first kappa shape index (κ1) is 14.7. The zero-order valence-electron chi connectivity index (χ0n) is 10.6. The summed E-state index contributed by atoms with van der Waals surface area (Å²) >= 11 is 2.00. The van der Waals surface area contributed by atoms with Gasteiger partial charge in [-0.15, -0.1) is 0 Å². The van der Waals surface area contributed by atoms with Crippen LogP contribution in [0, 0.1) is 9.39 Å². The number of likely N-dealkylation sites (tertiary alicyclic amines) is 1. The number of nitrogens with zero attached hydrogens (tertiary/aromatic N) is 1. The fraction of sp³-hybridized carbons (Fsp3) is 0.500. The predicted molar refractivity (Wildman–Crippen MR) is 79.5 cm³/mol. The van der Waals surface area contributed by atoms with Crippen LogP contribution in [0.3, 0.4) is 0 Å². The van der Waals surface area contributed by atoms with Gasteiger partial charge in [-0.1, -0.05) is 0 Å². The lowest BCUT2D eigenvalue weighted by Gasteiger charge is -2.25. The van der Waals surface area contributed by atoms with Crippen molar-refractivity contribution in [3.63, 3.8) is 0 Å². The Kier molecular flexibility index (Phi) is 5.15. The van der Waals surface area contributed by atoms with Gasteiger partial charge in [-0.3, -0.25) is 4.79 Å². The fourth-order valence-corrected chi connectivity index (χ4v) is 3.26. The van der Waals surface area contributed by atoms with Gasteiger partial charge in [0.05, 0.1) is 5.56 Å². The number of aliphatic hydroxyl groups excluding tert-OH is 1. The summed E-state index contributed by atoms with van der Waals surface area (Å²) in [5.41, 5.74) is 0.567. The first-order valence-electron chi connectivity index (χ1n) is 6.50. The highest BCUT2D eigenvalue weighted by molar-refractivity contribution is 14.1. The van der Waals surface area contributed by atoms with E-state index in [0.29, 0.717) is 9.13 Å². The third kappa shape index (κ3) is 3.45. The number of benzene rings is 1. The zero-order chi connectivity index (χ0) is 13.8. The molecule has 1 unspecified atom stereocenters. The van der Waals surface area contributed by atoms with Gasteiger partial charge in [0.15, 0.2) is 0 Å². The second kappa shape index (κ2) is 6.65. The predicted octanol–water partition coefficient (Wildman–Crippen LogP) is 2.81. The van der Waals surface area contributed by atoms with Crippen molar-refractivity contribution >= 4 is 28.5 Å². The van der Waals surface area contributed by atoms with E-state index in [-0.39, 0.29) is 24.4 Å². The van der Waals surface area contributed by atoms with Crippen molar-refractivity contribution in [3.8, 4) is 0 Å². The molecule has 0 saturated carbocycles. The smallest absolute Gasteiger partial charge is 0.255 e. The standard InChI is InChI=1S/C14H17FINO2/c15-10-5-6-12(13(16)9-10)14(19)17-7-1-3-11(17)4-2-8-18/h5-6,9,11,18H,1-4,7-8H2. The second-order valence-corrected chi connectivity index (χ2v) is 5.95. The Balaban J connectivity index is 2.13. The lowest BCUT2D eigenvalue weighted by molar-refractivity contribution is 0.0723. The van der Waals surface area contributed by atoms with Gasteiger partial charge in [0.1, 0.15) is 5.82 Å². The van der Waals surface area contributed by atoms with Crippen molar-refractivity contribution in [2.24, 2.45) is 0 Å². The number of hydrogen-bond donors (Lipinski definition) is 1. The largest absolute Gasteiger partial charge is 0.396 e. The summed E-state index contributed by atoms with van der Waals surface area (Å²) < 4.78 is 13.7. The van der Waals surface area contributed by atoms with Crippen LogP contribution in [0.25, 0.3) is 0 Å². The quantitative estimate of drug-likeness (QED) is 0.820. The van der Waals surface area contributed by atoms with E-state index in [9.17, 15) is 9.18 Å². The molecule has 1 aliphatic rings. The molecule has 1 fully saturated rings. The third-order valence-electron chi connectivity index (χ3n) is 3.50. The van der Waals surface area contributed by atoms with Crippen LogP contribution in [0.5, 0.6) is 0 Å². The average Bonchev–Trinajstić information content (AvgIpc) is 2.83. The SMILES string of the molecule is O=C(c1ccc(F)cc1I)N1CCCC1CCCO. The molecular weight excluding hydrogens is 360 g/mol. The summed E-state index contributed by atoms with van der Waals surface area (Å²) in [6.07, 6.45) is 3.54. The van der Waals surface area contributed by atoms with E-state index in [1.165, 1.54) is 12.1 Å². The van der Waals surface area contributed by atoms with Crippen LogP contribution >= 0.6 is 22.6 Å². The summed E-state index contributed by atoms with van der Waals surface area (Å²) in [6.45, 7) is 0.912. The van der Waals surface area contributed by atoms with E-state index in [4.69, 9.17) is 5.11 Å². The maximum Gasteiger partial charge on any atom is 0.255 e. The number of aliphatic hydroxyl groups is 1. The number of carbonyl (C=O) groups excluding carboxylic acids is 1. The molecular formula is C14H17FINO2. The van der Waals surface area contributed by atoms with Gasteiger partial charge in [0.25, 0.3) is 5.91 Å². The first-order chi connectivity index (χ1) is 9.13. The average molecular weight is 377 g/mol. The summed E-state index contributed by atoms with van der Waals surface area (Å²) in [7, 11) is 0. The van der Waals surface area contributed by atoms with Gasteiger partial charge in [-0.05, 0) is 66.5 Å². The van der Waals surface area contributed by atoms with E-state index in [2.05, 4.69) is 0 Å². The number of halogens is 2. The zero-order valence-corrected chi connectivity index (χ0v) is 12.8. The highest BCUT2D eigenvalue weighted by Gasteiger charge is 2.29. The van der Waals surface area contributed by atoms with Crippen molar-refractivity contribution in [3.05, 3.63) is 33.1 Å². The minimum absolute atomic E-state index is 0.0233. The molecule has 1 aromatic rings. The van der Waals surface area contributed by atoms with E-state index in [1.807, 2.05) is 27.5 Å². The molecule has 1 aromatic carbocycles. The molecule has 2 rings (SSSR count). The maximum absolute atomic E-state index is 13.1. The van der Waals surface area contributed by atoms with Gasteiger partial charge in [-0.25, -0.2) is 4.39 Å². The molecule has 1 amide bonds. The van der Waals surface area contributed by atoms with Gasteiger partial charge in [0.2, 0.25) is 0 Å². The minimum Gasteiger partial charge on any atom is -0.396 e. The van der Waals surface area contributed by atoms with Crippen molar-refractivity contribution in [1.82, 2.24) is 4.90 Å². The number of rotatable bonds is 4. The monoisotopic (exact) mass is 377 g/mol. The van der Waals surface area contributed by atoms with Crippen LogP contribution in [-0.2, 0) is 0 Å². The van der Waals surface area contributed by atoms with Gasteiger partial charge in [0, 0.05) is 22.8 Å². The van der Waals surface area contributed by atoms with Crippen LogP contribution in [0.1, 0.15) is 36.0 Å². The summed E-state index contributed by atoms with van der Waals surface area (Å²) in [5.74, 6) is -0.343. The van der Waals surface area contributed by atoms with E-state index in [0.717, 1.165) is 32.2 Å². The van der Waals surface area contributed by atoms with Crippen molar-refractivity contribution < 1.29 is 14.3 Å². The molecule has 0 spiro atoms. The van der Waals surface area contributed by atoms with E-state index in [1.54, 1.807) is 6.07 Å². The summed E-state index contributed by atoms with van der Waals surface area (Å²) in [6, 6.07) is 4.47. The van der Waals surface area contributed by atoms with Crippen LogP contribution in [0.4, 0.5) is 4.39 Å². The molecule has 19 heavy (non-hydrogen) atoms. The van der Waals surface area contributed by atoms with E-state index >= 15 is 0 Å². The van der Waals surface area contributed by atoms with Crippen molar-refractivity contribution in [1.29, 1.82) is 0 Å². The highest BCUT2D eigenvalue weighted by atomic mass is 127. The Morgan fingerprint density at radius 1 is 1.53 bits per heavy atom. The van der Waals surface area contributed by atoms with Crippen LogP contribution in [0.2, 0.25) is 0 Å². The molecule has 0 radical (unpaired) electrons. The Hall–Kier alpha value is -0.690.